The zero-order valence-corrected chi connectivity index (χ0v) is 20.3. The van der Waals surface area contributed by atoms with Crippen molar-refractivity contribution >= 4 is 57.6 Å². The van der Waals surface area contributed by atoms with Gasteiger partial charge in [0.2, 0.25) is 0 Å². The van der Waals surface area contributed by atoms with Crippen LogP contribution in [-0.2, 0) is 10.2 Å². The number of thiophene rings is 1. The van der Waals surface area contributed by atoms with Crippen molar-refractivity contribution < 1.29 is 23.1 Å². The average Bonchev–Trinajstić information content (AvgIpc) is 3.25. The lowest BCUT2D eigenvalue weighted by Gasteiger charge is -2.20. The number of benzene rings is 2. The first kappa shape index (κ1) is 25.9. The minimum absolute atomic E-state index is 0.0183. The second-order valence-electron chi connectivity index (χ2n) is 8.02. The quantitative estimate of drug-likeness (QED) is 0.304. The minimum atomic E-state index is -4.80. The third-order valence-electron chi connectivity index (χ3n) is 5.19. The molecule has 1 heterocycles. The number of carboxylic acid groups (broad SMARTS) is 1. The summed E-state index contributed by atoms with van der Waals surface area (Å²) in [5, 5.41) is 19.3. The summed E-state index contributed by atoms with van der Waals surface area (Å²) in [6.07, 6.45) is -5.55. The van der Waals surface area contributed by atoms with Crippen LogP contribution in [0.5, 0.6) is 0 Å². The molecule has 0 saturated carbocycles. The molecule has 2 aromatic carbocycles. The molecule has 0 aliphatic rings. The summed E-state index contributed by atoms with van der Waals surface area (Å²) in [6.45, 7) is 3.19. The van der Waals surface area contributed by atoms with Gasteiger partial charge < -0.3 is 10.5 Å². The highest BCUT2D eigenvalue weighted by molar-refractivity contribution is 7.12. The summed E-state index contributed by atoms with van der Waals surface area (Å²) in [6, 6.07) is 13.1. The number of alkyl halides is 3. The van der Waals surface area contributed by atoms with E-state index in [0.29, 0.717) is 26.6 Å². The Bertz CT molecular complexity index is 1280. The van der Waals surface area contributed by atoms with Gasteiger partial charge in [-0.15, -0.1) is 11.3 Å². The maximum Gasteiger partial charge on any atom is 0.429 e. The van der Waals surface area contributed by atoms with Crippen LogP contribution in [0.15, 0.2) is 58.9 Å². The molecule has 0 saturated heterocycles. The number of nitrogens with zero attached hydrogens (tertiary/aromatic N) is 1. The first-order valence-electron chi connectivity index (χ1n) is 9.89. The van der Waals surface area contributed by atoms with Gasteiger partial charge in [-0.1, -0.05) is 41.4 Å². The van der Waals surface area contributed by atoms with Crippen molar-refractivity contribution in [3.05, 3.63) is 74.4 Å². The lowest BCUT2D eigenvalue weighted by atomic mass is 9.83. The molecule has 0 fully saturated rings. The number of aliphatic imine (C=N–C) groups is 1. The number of halogens is 5. The maximum absolute atomic E-state index is 13.1. The highest BCUT2D eigenvalue weighted by Gasteiger charge is 2.35. The lowest BCUT2D eigenvalue weighted by Crippen LogP contribution is -2.28. The predicted molar refractivity (Wildman–Crippen MR) is 131 cm³/mol. The molecule has 0 radical (unpaired) electrons. The third-order valence-corrected chi connectivity index (χ3v) is 6.72. The molecule has 34 heavy (non-hydrogen) atoms. The van der Waals surface area contributed by atoms with Gasteiger partial charge in [-0.25, -0.2) is 4.99 Å². The van der Waals surface area contributed by atoms with E-state index < -0.39 is 29.7 Å². The molecule has 1 aromatic heterocycles. The molecule has 10 heteroatoms. The average molecular weight is 527 g/mol. The molecule has 0 amide bonds. The fourth-order valence-electron chi connectivity index (χ4n) is 3.02. The smallest absolute Gasteiger partial charge is 0.429 e. The Balaban J connectivity index is 2.06. The standard InChI is InChI=1S/C24H19Cl2F3N2O2S/c1-23(2,22(32)33)15-5-3-4-13(8-15)14-9-20(34-12-14)19(11-21(30)24(27,28)29)31-18-10-16(25)6-7-17(18)26/h3-10,12,30H,11H2,1-2H3,(H,32,33). The van der Waals surface area contributed by atoms with E-state index in [2.05, 4.69) is 4.99 Å². The number of carbonyl (C=O) groups is 1. The van der Waals surface area contributed by atoms with E-state index in [0.717, 1.165) is 0 Å². The zero-order valence-electron chi connectivity index (χ0n) is 18.0. The molecule has 0 unspecified atom stereocenters. The maximum atomic E-state index is 13.1. The first-order chi connectivity index (χ1) is 15.8. The van der Waals surface area contributed by atoms with Crippen LogP contribution in [0.2, 0.25) is 10.0 Å². The van der Waals surface area contributed by atoms with Crippen molar-refractivity contribution in [3.8, 4) is 11.1 Å². The van der Waals surface area contributed by atoms with Crippen LogP contribution in [0.4, 0.5) is 18.9 Å². The zero-order chi connectivity index (χ0) is 25.3. The number of rotatable bonds is 7. The summed E-state index contributed by atoms with van der Waals surface area (Å²) in [4.78, 5) is 16.4. The normalized spacial score (nSPS) is 12.6. The van der Waals surface area contributed by atoms with Crippen LogP contribution in [0, 0.1) is 5.41 Å². The third kappa shape index (κ3) is 5.87. The molecule has 0 spiro atoms. The number of hydrogen-bond donors (Lipinski definition) is 2. The van der Waals surface area contributed by atoms with Crippen LogP contribution < -0.4 is 0 Å². The van der Waals surface area contributed by atoms with Gasteiger partial charge in [-0.3, -0.25) is 4.79 Å². The Kier molecular flexibility index (Phi) is 7.55. The van der Waals surface area contributed by atoms with Gasteiger partial charge in [0.25, 0.3) is 0 Å². The Morgan fingerprint density at radius 2 is 1.79 bits per heavy atom. The first-order valence-corrected chi connectivity index (χ1v) is 11.5. The Morgan fingerprint density at radius 3 is 2.44 bits per heavy atom. The Morgan fingerprint density at radius 1 is 1.09 bits per heavy atom. The Labute approximate surface area is 208 Å². The van der Waals surface area contributed by atoms with E-state index in [9.17, 15) is 23.1 Å². The van der Waals surface area contributed by atoms with Gasteiger partial charge in [-0.05, 0) is 66.2 Å². The second kappa shape index (κ2) is 9.90. The van der Waals surface area contributed by atoms with E-state index in [-0.39, 0.29) is 16.4 Å². The summed E-state index contributed by atoms with van der Waals surface area (Å²) in [5.74, 6) is -0.978. The summed E-state index contributed by atoms with van der Waals surface area (Å²) in [5.41, 5.74) is -0.365. The molecule has 2 N–H and O–H groups in total. The molecule has 0 bridgehead atoms. The minimum Gasteiger partial charge on any atom is -0.481 e. The van der Waals surface area contributed by atoms with Crippen molar-refractivity contribution in [2.24, 2.45) is 4.99 Å². The molecule has 0 atom stereocenters. The number of aliphatic carboxylic acids is 1. The molecule has 3 rings (SSSR count). The second-order valence-corrected chi connectivity index (χ2v) is 9.77. The van der Waals surface area contributed by atoms with Crippen LogP contribution in [0.3, 0.4) is 0 Å². The number of hydrogen-bond acceptors (Lipinski definition) is 4. The van der Waals surface area contributed by atoms with Crippen molar-refractivity contribution in [3.63, 3.8) is 0 Å². The molecule has 0 aliphatic carbocycles. The highest BCUT2D eigenvalue weighted by Crippen LogP contribution is 2.34. The predicted octanol–water partition coefficient (Wildman–Crippen LogP) is 8.18. The van der Waals surface area contributed by atoms with Crippen LogP contribution in [0.25, 0.3) is 11.1 Å². The molecular weight excluding hydrogens is 508 g/mol. The number of carboxylic acids is 1. The van der Waals surface area contributed by atoms with Crippen LogP contribution in [0.1, 0.15) is 30.7 Å². The van der Waals surface area contributed by atoms with E-state index in [4.69, 9.17) is 28.6 Å². The topological polar surface area (TPSA) is 73.5 Å². The SMILES string of the molecule is CC(C)(C(=O)O)c1cccc(-c2csc(C(CC(=N)C(F)(F)F)=Nc3cc(Cl)ccc3Cl)c2)c1. The van der Waals surface area contributed by atoms with E-state index in [1.54, 1.807) is 49.6 Å². The van der Waals surface area contributed by atoms with Crippen molar-refractivity contribution in [1.29, 1.82) is 5.41 Å². The van der Waals surface area contributed by atoms with E-state index >= 15 is 0 Å². The highest BCUT2D eigenvalue weighted by atomic mass is 35.5. The number of nitrogens with one attached hydrogen (secondary N) is 1. The van der Waals surface area contributed by atoms with Crippen LogP contribution >= 0.6 is 34.5 Å². The lowest BCUT2D eigenvalue weighted by molar-refractivity contribution is -0.142. The van der Waals surface area contributed by atoms with Gasteiger partial charge in [0.05, 0.1) is 21.8 Å². The summed E-state index contributed by atoms with van der Waals surface area (Å²) >= 11 is 13.3. The molecule has 3 aromatic rings. The van der Waals surface area contributed by atoms with E-state index in [1.807, 2.05) is 0 Å². The van der Waals surface area contributed by atoms with Crippen molar-refractivity contribution in [2.45, 2.75) is 31.9 Å². The fourth-order valence-corrected chi connectivity index (χ4v) is 4.25. The fraction of sp³-hybridized carbons (Fsp3) is 0.208. The molecule has 178 valence electrons. The summed E-state index contributed by atoms with van der Waals surface area (Å²) in [7, 11) is 0. The largest absolute Gasteiger partial charge is 0.481 e. The monoisotopic (exact) mass is 526 g/mol. The van der Waals surface area contributed by atoms with E-state index in [1.165, 1.54) is 29.5 Å². The molecule has 4 nitrogen and oxygen atoms in total. The van der Waals surface area contributed by atoms with Crippen LogP contribution in [-0.4, -0.2) is 28.7 Å². The van der Waals surface area contributed by atoms with Crippen molar-refractivity contribution in [1.82, 2.24) is 0 Å². The van der Waals surface area contributed by atoms with Crippen molar-refractivity contribution in [2.75, 3.05) is 0 Å². The Hall–Kier alpha value is -2.68. The van der Waals surface area contributed by atoms with Gasteiger partial charge in [0.1, 0.15) is 5.71 Å². The van der Waals surface area contributed by atoms with Gasteiger partial charge in [0, 0.05) is 16.3 Å². The van der Waals surface area contributed by atoms with Gasteiger partial charge in [0.15, 0.2) is 0 Å². The molecule has 0 aliphatic heterocycles. The summed E-state index contributed by atoms with van der Waals surface area (Å²) < 4.78 is 39.4. The van der Waals surface area contributed by atoms with Gasteiger partial charge in [-0.2, -0.15) is 13.2 Å². The molecular formula is C24H19Cl2F3N2O2S. The van der Waals surface area contributed by atoms with Gasteiger partial charge >= 0.3 is 12.1 Å².